The first-order valence-electron chi connectivity index (χ1n) is 39.2. The Morgan fingerprint density at radius 2 is 0.744 bits per heavy atom. The van der Waals surface area contributed by atoms with Gasteiger partial charge in [0.2, 0.25) is 5.91 Å². The van der Waals surface area contributed by atoms with E-state index in [1.165, 1.54) is 321 Å². The van der Waals surface area contributed by atoms with Crippen molar-refractivity contribution in [3.8, 4) is 0 Å². The number of nitrogens with one attached hydrogen (secondary N) is 1. The maximum Gasteiger partial charge on any atom is 0.397 e. The van der Waals surface area contributed by atoms with Crippen molar-refractivity contribution in [1.29, 1.82) is 0 Å². The van der Waals surface area contributed by atoms with Crippen molar-refractivity contribution in [1.82, 2.24) is 5.32 Å². The molecule has 0 aliphatic carbocycles. The minimum absolute atomic E-state index is 0.221. The van der Waals surface area contributed by atoms with Gasteiger partial charge in [0, 0.05) is 6.42 Å². The van der Waals surface area contributed by atoms with E-state index < -0.39 is 59.9 Å². The SMILES string of the molecule is CCCCCCCCCCCCCCCCC/C=C\C/C=C\CCCCCCCCCCCCCCCCCCCC(=O)NC(COC1OC(CO)C(O)C(OS(=O)(=O)O)C1O)C(O)CCCCCCCCCCCCCCCCCCCCCCCCCC. The van der Waals surface area contributed by atoms with Gasteiger partial charge in [-0.3, -0.25) is 9.35 Å². The summed E-state index contributed by atoms with van der Waals surface area (Å²) < 4.78 is 48.2. The van der Waals surface area contributed by atoms with Gasteiger partial charge in [-0.15, -0.1) is 0 Å². The number of hydrogen-bond donors (Lipinski definition) is 6. The molecule has 0 aromatic carbocycles. The number of rotatable bonds is 71. The fourth-order valence-electron chi connectivity index (χ4n) is 13.0. The third kappa shape index (κ3) is 56.9. The summed E-state index contributed by atoms with van der Waals surface area (Å²) in [5.74, 6) is -0.221. The number of carbonyl (C=O) groups is 1. The van der Waals surface area contributed by atoms with Crippen LogP contribution in [-0.4, -0.2) is 95.4 Å². The van der Waals surface area contributed by atoms with Crippen molar-refractivity contribution in [2.75, 3.05) is 13.2 Å². The van der Waals surface area contributed by atoms with E-state index in [4.69, 9.17) is 9.47 Å². The Kier molecular flexibility index (Phi) is 63.7. The van der Waals surface area contributed by atoms with Gasteiger partial charge in [0.15, 0.2) is 6.29 Å². The third-order valence-corrected chi connectivity index (χ3v) is 19.5. The number of allylic oxidation sites excluding steroid dienone is 4. The molecule has 7 atom stereocenters. The quantitative estimate of drug-likeness (QED) is 0.0193. The van der Waals surface area contributed by atoms with Crippen molar-refractivity contribution in [2.24, 2.45) is 0 Å². The number of ether oxygens (including phenoxy) is 2. The molecule has 90 heavy (non-hydrogen) atoms. The molecule has 0 bridgehead atoms. The zero-order valence-corrected chi connectivity index (χ0v) is 59.8. The molecule has 0 radical (unpaired) electrons. The summed E-state index contributed by atoms with van der Waals surface area (Å²) in [6, 6.07) is -0.859. The Morgan fingerprint density at radius 1 is 0.444 bits per heavy atom. The average molecular weight is 1300 g/mol. The van der Waals surface area contributed by atoms with Crippen molar-refractivity contribution >= 4 is 16.3 Å². The molecule has 0 spiro atoms. The second kappa shape index (κ2) is 66.2. The van der Waals surface area contributed by atoms with Gasteiger partial charge in [0.1, 0.15) is 24.4 Å². The Labute approximate surface area is 556 Å². The molecule has 0 aromatic heterocycles. The maximum absolute atomic E-state index is 13.3. The molecule has 13 heteroatoms. The second-order valence-corrected chi connectivity index (χ2v) is 28.7. The summed E-state index contributed by atoms with van der Waals surface area (Å²) in [5.41, 5.74) is 0. The van der Waals surface area contributed by atoms with Crippen LogP contribution in [0.25, 0.3) is 0 Å². The van der Waals surface area contributed by atoms with Gasteiger partial charge in [0.05, 0.1) is 25.4 Å². The standard InChI is InChI=1S/C77H149NO11S/c1-3-5-7-9-11-13-15-17-19-21-23-25-27-29-30-31-32-33-34-35-36-37-38-39-40-41-42-43-45-47-49-51-53-55-57-59-61-63-65-67-73(81)78-70(69-87-77-75(83)76(89-90(84,85)86)74(82)72(68-79)88-77)71(80)66-64-62-60-58-56-54-52-50-48-46-44-28-26-24-22-20-18-16-14-12-10-8-6-4-2/h32-33,35-36,70-72,74-77,79-80,82-83H,3-31,34,37-69H2,1-2H3,(H,78,81)(H,84,85,86)/b33-32-,36-35-. The van der Waals surface area contributed by atoms with E-state index in [9.17, 15) is 38.2 Å². The fraction of sp³-hybridized carbons (Fsp3) is 0.935. The van der Waals surface area contributed by atoms with E-state index in [0.29, 0.717) is 12.8 Å². The highest BCUT2D eigenvalue weighted by atomic mass is 32.3. The lowest BCUT2D eigenvalue weighted by Crippen LogP contribution is -2.61. The van der Waals surface area contributed by atoms with Gasteiger partial charge >= 0.3 is 10.4 Å². The summed E-state index contributed by atoms with van der Waals surface area (Å²) >= 11 is 0. The van der Waals surface area contributed by atoms with Gasteiger partial charge in [-0.05, 0) is 44.9 Å². The van der Waals surface area contributed by atoms with Crippen LogP contribution in [0.1, 0.15) is 406 Å². The van der Waals surface area contributed by atoms with E-state index in [1.807, 2.05) is 0 Å². The molecule has 6 N–H and O–H groups in total. The predicted molar refractivity (Wildman–Crippen MR) is 379 cm³/mol. The summed E-state index contributed by atoms with van der Waals surface area (Å²) in [7, 11) is -5.09. The highest BCUT2D eigenvalue weighted by Gasteiger charge is 2.48. The Balaban J connectivity index is 2.15. The number of carbonyl (C=O) groups excluding carboxylic acids is 1. The molecule has 7 unspecified atom stereocenters. The van der Waals surface area contributed by atoms with Crippen LogP contribution in [0.5, 0.6) is 0 Å². The zero-order chi connectivity index (χ0) is 65.3. The van der Waals surface area contributed by atoms with Gasteiger partial charge in [-0.2, -0.15) is 8.42 Å². The van der Waals surface area contributed by atoms with Crippen LogP contribution in [0.3, 0.4) is 0 Å². The van der Waals surface area contributed by atoms with Crippen molar-refractivity contribution in [3.63, 3.8) is 0 Å². The smallest absolute Gasteiger partial charge is 0.394 e. The molecule has 0 saturated carbocycles. The molecule has 1 heterocycles. The first-order chi connectivity index (χ1) is 44.0. The van der Waals surface area contributed by atoms with E-state index in [-0.39, 0.29) is 12.5 Å². The Hall–Kier alpha value is -1.42. The van der Waals surface area contributed by atoms with Gasteiger partial charge in [-0.25, -0.2) is 4.18 Å². The summed E-state index contributed by atoms with van der Waals surface area (Å²) in [5, 5.41) is 45.4. The largest absolute Gasteiger partial charge is 0.397 e. The lowest BCUT2D eigenvalue weighted by atomic mass is 9.99. The number of aliphatic hydroxyl groups excluding tert-OH is 4. The summed E-state index contributed by atoms with van der Waals surface area (Å²) in [4.78, 5) is 13.3. The molecule has 1 aliphatic rings. The predicted octanol–water partition coefficient (Wildman–Crippen LogP) is 21.4. The monoisotopic (exact) mass is 1300 g/mol. The van der Waals surface area contributed by atoms with Crippen LogP contribution in [0.15, 0.2) is 24.3 Å². The lowest BCUT2D eigenvalue weighted by molar-refractivity contribution is -0.298. The minimum Gasteiger partial charge on any atom is -0.394 e. The van der Waals surface area contributed by atoms with Gasteiger partial charge < -0.3 is 35.2 Å². The normalized spacial score (nSPS) is 18.0. The van der Waals surface area contributed by atoms with Crippen LogP contribution in [0.4, 0.5) is 0 Å². The van der Waals surface area contributed by atoms with Gasteiger partial charge in [-0.1, -0.05) is 378 Å². The van der Waals surface area contributed by atoms with Crippen LogP contribution in [0, 0.1) is 0 Å². The van der Waals surface area contributed by atoms with Crippen LogP contribution < -0.4 is 5.32 Å². The number of aliphatic hydroxyl groups is 4. The third-order valence-electron chi connectivity index (χ3n) is 19.0. The molecule has 1 aliphatic heterocycles. The fourth-order valence-corrected chi connectivity index (χ4v) is 13.5. The van der Waals surface area contributed by atoms with Crippen molar-refractivity contribution in [3.05, 3.63) is 24.3 Å². The van der Waals surface area contributed by atoms with Crippen molar-refractivity contribution < 1.29 is 51.8 Å². The second-order valence-electron chi connectivity index (χ2n) is 27.7. The van der Waals surface area contributed by atoms with Gasteiger partial charge in [0.25, 0.3) is 0 Å². The van der Waals surface area contributed by atoms with Crippen LogP contribution in [-0.2, 0) is 28.9 Å². The topological polar surface area (TPSA) is 192 Å². The highest BCUT2D eigenvalue weighted by Crippen LogP contribution is 2.27. The van der Waals surface area contributed by atoms with E-state index >= 15 is 0 Å². The van der Waals surface area contributed by atoms with E-state index in [2.05, 4.69) is 47.7 Å². The first kappa shape index (κ1) is 86.6. The van der Waals surface area contributed by atoms with Crippen LogP contribution in [0.2, 0.25) is 0 Å². The lowest BCUT2D eigenvalue weighted by Gasteiger charge is -2.41. The molecular weight excluding hydrogens is 1150 g/mol. The number of amides is 1. The molecular formula is C77H149NO11S. The van der Waals surface area contributed by atoms with E-state index in [1.54, 1.807) is 0 Å². The first-order valence-corrected chi connectivity index (χ1v) is 40.6. The van der Waals surface area contributed by atoms with E-state index in [0.717, 1.165) is 57.8 Å². The Bertz CT molecular complexity index is 1670. The number of unbranched alkanes of at least 4 members (excludes halogenated alkanes) is 55. The maximum atomic E-state index is 13.3. The highest BCUT2D eigenvalue weighted by molar-refractivity contribution is 7.80. The molecule has 1 amide bonds. The zero-order valence-electron chi connectivity index (χ0n) is 59.0. The average Bonchev–Trinajstić information content (AvgIpc) is 1.40. The molecule has 1 saturated heterocycles. The molecule has 534 valence electrons. The summed E-state index contributed by atoms with van der Waals surface area (Å²) in [6.07, 6.45) is 78.2. The molecule has 12 nitrogen and oxygen atoms in total. The van der Waals surface area contributed by atoms with Crippen LogP contribution >= 0.6 is 0 Å². The molecule has 1 fully saturated rings. The van der Waals surface area contributed by atoms with Crippen molar-refractivity contribution in [2.45, 2.75) is 448 Å². The minimum atomic E-state index is -5.09. The molecule has 1 rings (SSSR count). The molecule has 0 aromatic rings. The Morgan fingerprint density at radius 3 is 1.06 bits per heavy atom. The summed E-state index contributed by atoms with van der Waals surface area (Å²) in [6.45, 7) is 3.53. The number of hydrogen-bond acceptors (Lipinski definition) is 10.